The Hall–Kier alpha value is 0. The fourth-order valence-electron chi connectivity index (χ4n) is 1.68. The molecule has 0 saturated carbocycles. The van der Waals surface area contributed by atoms with Crippen LogP contribution in [-0.2, 0) is 0 Å². The van der Waals surface area contributed by atoms with E-state index in [0.29, 0.717) is 5.41 Å². The molecule has 0 radical (unpaired) electrons. The van der Waals surface area contributed by atoms with E-state index in [9.17, 15) is 0 Å². The van der Waals surface area contributed by atoms with Gasteiger partial charge in [0.1, 0.15) is 0 Å². The molecule has 0 N–H and O–H groups in total. The molecule has 0 aliphatic rings. The van der Waals surface area contributed by atoms with Crippen LogP contribution in [0.25, 0.3) is 0 Å². The standard InChI is InChI=1S/C11H24.C2H6/c1-6-8-10(3)9-11(4,5)7-2;1-2/h10H,6-9H2,1-5H3;1-2H3. The molecule has 0 aromatic heterocycles. The molecule has 0 fully saturated rings. The first-order chi connectivity index (χ1) is 6.02. The second-order valence-electron chi connectivity index (χ2n) is 4.62. The van der Waals surface area contributed by atoms with Crippen LogP contribution in [0.2, 0.25) is 0 Å². The average Bonchev–Trinajstić information content (AvgIpc) is 2.08. The number of hydrogen-bond donors (Lipinski definition) is 0. The van der Waals surface area contributed by atoms with Crippen LogP contribution >= 0.6 is 0 Å². The Balaban J connectivity index is 0. The van der Waals surface area contributed by atoms with E-state index in [0.717, 1.165) is 5.92 Å². The Morgan fingerprint density at radius 3 is 1.85 bits per heavy atom. The minimum atomic E-state index is 0.564. The SMILES string of the molecule is CC.CCCC(C)CC(C)(C)CC. The Morgan fingerprint density at radius 1 is 1.08 bits per heavy atom. The monoisotopic (exact) mass is 186 g/mol. The third kappa shape index (κ3) is 9.92. The van der Waals surface area contributed by atoms with Gasteiger partial charge in [-0.3, -0.25) is 0 Å². The van der Waals surface area contributed by atoms with Crippen molar-refractivity contribution >= 4 is 0 Å². The van der Waals surface area contributed by atoms with Crippen LogP contribution in [0.4, 0.5) is 0 Å². The van der Waals surface area contributed by atoms with E-state index in [-0.39, 0.29) is 0 Å². The van der Waals surface area contributed by atoms with Crippen molar-refractivity contribution in [2.24, 2.45) is 11.3 Å². The fraction of sp³-hybridized carbons (Fsp3) is 1.00. The van der Waals surface area contributed by atoms with E-state index in [1.165, 1.54) is 25.7 Å². The molecule has 82 valence electrons. The van der Waals surface area contributed by atoms with Crippen molar-refractivity contribution in [3.8, 4) is 0 Å². The van der Waals surface area contributed by atoms with Gasteiger partial charge >= 0.3 is 0 Å². The predicted octanol–water partition coefficient (Wildman–Crippen LogP) is 5.28. The Morgan fingerprint density at radius 2 is 1.54 bits per heavy atom. The molecular formula is C13H30. The first-order valence-electron chi connectivity index (χ1n) is 6.02. The highest BCUT2D eigenvalue weighted by Gasteiger charge is 2.17. The van der Waals surface area contributed by atoms with Crippen LogP contribution < -0.4 is 0 Å². The van der Waals surface area contributed by atoms with Crippen LogP contribution in [0.15, 0.2) is 0 Å². The second-order valence-corrected chi connectivity index (χ2v) is 4.62. The number of rotatable bonds is 5. The zero-order valence-corrected chi connectivity index (χ0v) is 10.9. The van der Waals surface area contributed by atoms with Crippen molar-refractivity contribution in [3.63, 3.8) is 0 Å². The molecule has 0 heteroatoms. The molecule has 0 aromatic carbocycles. The quantitative estimate of drug-likeness (QED) is 0.548. The third-order valence-corrected chi connectivity index (χ3v) is 2.64. The van der Waals surface area contributed by atoms with Crippen molar-refractivity contribution in [3.05, 3.63) is 0 Å². The lowest BCUT2D eigenvalue weighted by atomic mass is 9.80. The van der Waals surface area contributed by atoms with Crippen LogP contribution in [0.1, 0.15) is 74.1 Å². The molecule has 0 bridgehead atoms. The Labute approximate surface area is 86.1 Å². The second kappa shape index (κ2) is 8.59. The van der Waals surface area contributed by atoms with E-state index >= 15 is 0 Å². The maximum absolute atomic E-state index is 2.38. The molecule has 0 aliphatic heterocycles. The molecule has 1 unspecified atom stereocenters. The lowest BCUT2D eigenvalue weighted by molar-refractivity contribution is 0.258. The number of hydrogen-bond acceptors (Lipinski definition) is 0. The maximum Gasteiger partial charge on any atom is -0.0354 e. The minimum absolute atomic E-state index is 0.564. The summed E-state index contributed by atoms with van der Waals surface area (Å²) in [6, 6.07) is 0. The normalized spacial score (nSPS) is 13.2. The van der Waals surface area contributed by atoms with Crippen molar-refractivity contribution in [2.45, 2.75) is 74.1 Å². The summed E-state index contributed by atoms with van der Waals surface area (Å²) in [5.74, 6) is 0.912. The zero-order valence-electron chi connectivity index (χ0n) is 10.9. The molecular weight excluding hydrogens is 156 g/mol. The molecule has 0 saturated heterocycles. The van der Waals surface area contributed by atoms with Gasteiger partial charge in [0.05, 0.1) is 0 Å². The summed E-state index contributed by atoms with van der Waals surface area (Å²) >= 11 is 0. The predicted molar refractivity (Wildman–Crippen MR) is 64.1 cm³/mol. The van der Waals surface area contributed by atoms with E-state index in [1.54, 1.807) is 0 Å². The highest BCUT2D eigenvalue weighted by atomic mass is 14.2. The summed E-state index contributed by atoms with van der Waals surface area (Å²) in [5.41, 5.74) is 0.564. The summed E-state index contributed by atoms with van der Waals surface area (Å²) in [6.45, 7) is 15.7. The van der Waals surface area contributed by atoms with Gasteiger partial charge in [-0.15, -0.1) is 0 Å². The topological polar surface area (TPSA) is 0 Å². The average molecular weight is 186 g/mol. The van der Waals surface area contributed by atoms with Crippen molar-refractivity contribution in [1.82, 2.24) is 0 Å². The van der Waals surface area contributed by atoms with Crippen molar-refractivity contribution in [2.75, 3.05) is 0 Å². The first kappa shape index (κ1) is 15.5. The summed E-state index contributed by atoms with van der Waals surface area (Å²) in [6.07, 6.45) is 5.42. The van der Waals surface area contributed by atoms with E-state index < -0.39 is 0 Å². The van der Waals surface area contributed by atoms with Gasteiger partial charge in [0, 0.05) is 0 Å². The van der Waals surface area contributed by atoms with Crippen molar-refractivity contribution in [1.29, 1.82) is 0 Å². The zero-order chi connectivity index (χ0) is 10.9. The molecule has 13 heavy (non-hydrogen) atoms. The third-order valence-electron chi connectivity index (χ3n) is 2.64. The smallest absolute Gasteiger partial charge is 0.0354 e. The lowest BCUT2D eigenvalue weighted by Gasteiger charge is -2.26. The lowest BCUT2D eigenvalue weighted by Crippen LogP contribution is -2.14. The summed E-state index contributed by atoms with van der Waals surface area (Å²) < 4.78 is 0. The minimum Gasteiger partial charge on any atom is -0.0683 e. The fourth-order valence-corrected chi connectivity index (χ4v) is 1.68. The van der Waals surface area contributed by atoms with E-state index in [1.807, 2.05) is 13.8 Å². The van der Waals surface area contributed by atoms with Crippen molar-refractivity contribution < 1.29 is 0 Å². The molecule has 0 rings (SSSR count). The van der Waals surface area contributed by atoms with Gasteiger partial charge in [-0.1, -0.05) is 67.7 Å². The Bertz CT molecular complexity index is 92.2. The van der Waals surface area contributed by atoms with Gasteiger partial charge in [0.25, 0.3) is 0 Å². The van der Waals surface area contributed by atoms with E-state index in [4.69, 9.17) is 0 Å². The van der Waals surface area contributed by atoms with Crippen LogP contribution in [0, 0.1) is 11.3 Å². The first-order valence-corrected chi connectivity index (χ1v) is 6.02. The molecule has 0 nitrogen and oxygen atoms in total. The van der Waals surface area contributed by atoms with Crippen LogP contribution in [-0.4, -0.2) is 0 Å². The molecule has 0 aliphatic carbocycles. The van der Waals surface area contributed by atoms with Gasteiger partial charge in [-0.25, -0.2) is 0 Å². The van der Waals surface area contributed by atoms with Gasteiger partial charge in [0.2, 0.25) is 0 Å². The molecule has 1 atom stereocenters. The maximum atomic E-state index is 2.38. The summed E-state index contributed by atoms with van der Waals surface area (Å²) in [7, 11) is 0. The van der Waals surface area contributed by atoms with Gasteiger partial charge in [-0.05, 0) is 17.8 Å². The molecule has 0 amide bonds. The molecule has 0 spiro atoms. The van der Waals surface area contributed by atoms with Gasteiger partial charge in [-0.2, -0.15) is 0 Å². The van der Waals surface area contributed by atoms with Crippen LogP contribution in [0.5, 0.6) is 0 Å². The highest BCUT2D eigenvalue weighted by Crippen LogP contribution is 2.30. The van der Waals surface area contributed by atoms with E-state index in [2.05, 4.69) is 34.6 Å². The Kier molecular flexibility index (Phi) is 10.2. The summed E-state index contributed by atoms with van der Waals surface area (Å²) in [5, 5.41) is 0. The van der Waals surface area contributed by atoms with Gasteiger partial charge in [0.15, 0.2) is 0 Å². The molecule has 0 heterocycles. The highest BCUT2D eigenvalue weighted by molar-refractivity contribution is 4.69. The molecule has 0 aromatic rings. The van der Waals surface area contributed by atoms with Crippen LogP contribution in [0.3, 0.4) is 0 Å². The summed E-state index contributed by atoms with van der Waals surface area (Å²) in [4.78, 5) is 0. The van der Waals surface area contributed by atoms with Gasteiger partial charge < -0.3 is 0 Å². The largest absolute Gasteiger partial charge is 0.0683 e.